The minimum atomic E-state index is 0.418. The topological polar surface area (TPSA) is 50.1 Å². The number of aromatic nitrogens is 4. The average Bonchev–Trinajstić information content (AvgIpc) is 3.10. The SMILES string of the molecule is Cc1cc(N(C)C)nc(N2CCC[C@@H]2Cn2cccn2)n1. The van der Waals surface area contributed by atoms with E-state index in [2.05, 4.69) is 15.0 Å². The van der Waals surface area contributed by atoms with Gasteiger partial charge in [-0.15, -0.1) is 0 Å². The molecule has 0 N–H and O–H groups in total. The van der Waals surface area contributed by atoms with E-state index < -0.39 is 0 Å². The van der Waals surface area contributed by atoms with Crippen LogP contribution in [0.15, 0.2) is 24.5 Å². The van der Waals surface area contributed by atoms with Gasteiger partial charge >= 0.3 is 0 Å². The zero-order valence-electron chi connectivity index (χ0n) is 12.9. The van der Waals surface area contributed by atoms with Gasteiger partial charge in [0.1, 0.15) is 5.82 Å². The average molecular weight is 286 g/mol. The molecule has 0 aliphatic carbocycles. The summed E-state index contributed by atoms with van der Waals surface area (Å²) < 4.78 is 1.99. The summed E-state index contributed by atoms with van der Waals surface area (Å²) in [5.74, 6) is 1.80. The Morgan fingerprint density at radius 3 is 2.90 bits per heavy atom. The van der Waals surface area contributed by atoms with Crippen molar-refractivity contribution in [1.82, 2.24) is 19.7 Å². The smallest absolute Gasteiger partial charge is 0.227 e. The third-order valence-electron chi connectivity index (χ3n) is 3.88. The molecule has 0 radical (unpaired) electrons. The lowest BCUT2D eigenvalue weighted by atomic mass is 10.2. The molecule has 0 bridgehead atoms. The quantitative estimate of drug-likeness (QED) is 0.856. The largest absolute Gasteiger partial charge is 0.363 e. The van der Waals surface area contributed by atoms with Gasteiger partial charge in [-0.25, -0.2) is 4.98 Å². The molecule has 3 heterocycles. The lowest BCUT2D eigenvalue weighted by Crippen LogP contribution is -2.34. The van der Waals surface area contributed by atoms with Crippen LogP contribution >= 0.6 is 0 Å². The molecule has 6 nitrogen and oxygen atoms in total. The Labute approximate surface area is 125 Å². The standard InChI is InChI=1S/C15H22N6/c1-12-10-14(19(2)3)18-15(17-12)21-9-4-6-13(21)11-20-8-5-7-16-20/h5,7-8,10,13H,4,6,9,11H2,1-3H3/t13-/m1/s1. The molecule has 0 unspecified atom stereocenters. The number of hydrogen-bond donors (Lipinski definition) is 0. The minimum absolute atomic E-state index is 0.418. The van der Waals surface area contributed by atoms with Gasteiger partial charge in [0.15, 0.2) is 0 Å². The van der Waals surface area contributed by atoms with Gasteiger partial charge in [0.05, 0.1) is 12.6 Å². The second kappa shape index (κ2) is 5.71. The van der Waals surface area contributed by atoms with Gasteiger partial charge in [0.25, 0.3) is 0 Å². The first-order chi connectivity index (χ1) is 10.1. The fourth-order valence-corrected chi connectivity index (χ4v) is 2.81. The van der Waals surface area contributed by atoms with Crippen molar-refractivity contribution < 1.29 is 0 Å². The van der Waals surface area contributed by atoms with Crippen LogP contribution in [-0.4, -0.2) is 46.4 Å². The molecular formula is C15H22N6. The summed E-state index contributed by atoms with van der Waals surface area (Å²) >= 11 is 0. The van der Waals surface area contributed by atoms with E-state index >= 15 is 0 Å². The highest BCUT2D eigenvalue weighted by molar-refractivity contribution is 5.45. The molecule has 2 aromatic rings. The zero-order valence-corrected chi connectivity index (χ0v) is 12.9. The summed E-state index contributed by atoms with van der Waals surface area (Å²) in [4.78, 5) is 13.7. The summed E-state index contributed by atoms with van der Waals surface area (Å²) in [6, 6.07) is 4.40. The predicted molar refractivity (Wildman–Crippen MR) is 83.7 cm³/mol. The molecule has 3 rings (SSSR count). The van der Waals surface area contributed by atoms with Crippen LogP contribution in [0.2, 0.25) is 0 Å². The van der Waals surface area contributed by atoms with Gasteiger partial charge in [-0.1, -0.05) is 0 Å². The Balaban J connectivity index is 1.84. The second-order valence-corrected chi connectivity index (χ2v) is 5.78. The van der Waals surface area contributed by atoms with Gasteiger partial charge in [0.2, 0.25) is 5.95 Å². The molecule has 1 aliphatic rings. The van der Waals surface area contributed by atoms with Gasteiger partial charge in [-0.3, -0.25) is 4.68 Å². The Bertz CT molecular complexity index is 592. The fraction of sp³-hybridized carbons (Fsp3) is 0.533. The highest BCUT2D eigenvalue weighted by atomic mass is 15.3. The zero-order chi connectivity index (χ0) is 14.8. The summed E-state index contributed by atoms with van der Waals surface area (Å²) in [6.45, 7) is 3.93. The number of rotatable bonds is 4. The van der Waals surface area contributed by atoms with E-state index in [4.69, 9.17) is 4.98 Å². The highest BCUT2D eigenvalue weighted by Gasteiger charge is 2.27. The maximum absolute atomic E-state index is 4.71. The summed E-state index contributed by atoms with van der Waals surface area (Å²) in [5, 5.41) is 4.31. The Morgan fingerprint density at radius 2 is 2.19 bits per heavy atom. The Hall–Kier alpha value is -2.11. The highest BCUT2D eigenvalue weighted by Crippen LogP contribution is 2.25. The van der Waals surface area contributed by atoms with E-state index in [1.165, 1.54) is 6.42 Å². The fourth-order valence-electron chi connectivity index (χ4n) is 2.81. The van der Waals surface area contributed by atoms with Crippen LogP contribution in [0, 0.1) is 6.92 Å². The predicted octanol–water partition coefficient (Wildman–Crippen LogP) is 1.72. The van der Waals surface area contributed by atoms with Crippen LogP contribution in [0.25, 0.3) is 0 Å². The molecule has 1 atom stereocenters. The van der Waals surface area contributed by atoms with Gasteiger partial charge in [0, 0.05) is 44.8 Å². The van der Waals surface area contributed by atoms with Crippen molar-refractivity contribution >= 4 is 11.8 Å². The van der Waals surface area contributed by atoms with Crippen LogP contribution < -0.4 is 9.80 Å². The van der Waals surface area contributed by atoms with Crippen LogP contribution in [0.3, 0.4) is 0 Å². The summed E-state index contributed by atoms with van der Waals surface area (Å²) in [7, 11) is 4.02. The van der Waals surface area contributed by atoms with E-state index in [0.717, 1.165) is 37.0 Å². The third-order valence-corrected chi connectivity index (χ3v) is 3.88. The van der Waals surface area contributed by atoms with Crippen molar-refractivity contribution in [1.29, 1.82) is 0 Å². The van der Waals surface area contributed by atoms with Crippen molar-refractivity contribution in [2.24, 2.45) is 0 Å². The van der Waals surface area contributed by atoms with Crippen molar-refractivity contribution in [2.75, 3.05) is 30.4 Å². The Morgan fingerprint density at radius 1 is 1.33 bits per heavy atom. The molecule has 21 heavy (non-hydrogen) atoms. The lowest BCUT2D eigenvalue weighted by Gasteiger charge is -2.26. The lowest BCUT2D eigenvalue weighted by molar-refractivity contribution is 0.505. The van der Waals surface area contributed by atoms with E-state index in [9.17, 15) is 0 Å². The van der Waals surface area contributed by atoms with E-state index in [-0.39, 0.29) is 0 Å². The van der Waals surface area contributed by atoms with Crippen molar-refractivity contribution in [3.8, 4) is 0 Å². The normalized spacial score (nSPS) is 18.2. The summed E-state index contributed by atoms with van der Waals surface area (Å²) in [5.41, 5.74) is 1.01. The van der Waals surface area contributed by atoms with E-state index in [1.54, 1.807) is 0 Å². The van der Waals surface area contributed by atoms with E-state index in [1.807, 2.05) is 55.1 Å². The van der Waals surface area contributed by atoms with Crippen LogP contribution in [0.4, 0.5) is 11.8 Å². The van der Waals surface area contributed by atoms with Crippen molar-refractivity contribution in [2.45, 2.75) is 32.4 Å². The molecule has 1 saturated heterocycles. The molecule has 0 aromatic carbocycles. The molecule has 0 spiro atoms. The van der Waals surface area contributed by atoms with E-state index in [0.29, 0.717) is 6.04 Å². The number of hydrogen-bond acceptors (Lipinski definition) is 5. The molecule has 1 aliphatic heterocycles. The third kappa shape index (κ3) is 2.99. The first-order valence-corrected chi connectivity index (χ1v) is 7.40. The number of aryl methyl sites for hydroxylation is 1. The van der Waals surface area contributed by atoms with Crippen LogP contribution in [0.1, 0.15) is 18.5 Å². The molecule has 1 fully saturated rings. The van der Waals surface area contributed by atoms with Gasteiger partial charge in [-0.2, -0.15) is 10.1 Å². The number of nitrogens with zero attached hydrogens (tertiary/aromatic N) is 6. The maximum Gasteiger partial charge on any atom is 0.227 e. The first-order valence-electron chi connectivity index (χ1n) is 7.40. The first kappa shape index (κ1) is 13.9. The molecule has 2 aromatic heterocycles. The molecule has 0 saturated carbocycles. The van der Waals surface area contributed by atoms with Gasteiger partial charge in [-0.05, 0) is 25.8 Å². The summed E-state index contributed by atoms with van der Waals surface area (Å²) in [6.07, 6.45) is 6.18. The second-order valence-electron chi connectivity index (χ2n) is 5.78. The Kier molecular flexibility index (Phi) is 3.77. The van der Waals surface area contributed by atoms with Crippen molar-refractivity contribution in [3.05, 3.63) is 30.2 Å². The van der Waals surface area contributed by atoms with Gasteiger partial charge < -0.3 is 9.80 Å². The van der Waals surface area contributed by atoms with Crippen LogP contribution in [0.5, 0.6) is 0 Å². The molecule has 112 valence electrons. The number of anilines is 2. The molecular weight excluding hydrogens is 264 g/mol. The monoisotopic (exact) mass is 286 g/mol. The molecule has 6 heteroatoms. The van der Waals surface area contributed by atoms with Crippen molar-refractivity contribution in [3.63, 3.8) is 0 Å². The maximum atomic E-state index is 4.71. The van der Waals surface area contributed by atoms with Crippen LogP contribution in [-0.2, 0) is 6.54 Å². The minimum Gasteiger partial charge on any atom is -0.363 e. The molecule has 0 amide bonds.